The third-order valence-corrected chi connectivity index (χ3v) is 6.65. The van der Waals surface area contributed by atoms with Gasteiger partial charge in [0.2, 0.25) is 5.91 Å². The van der Waals surface area contributed by atoms with E-state index in [1.807, 2.05) is 48.5 Å². The number of ether oxygens (including phenoxy) is 1. The van der Waals surface area contributed by atoms with Crippen LogP contribution in [0.2, 0.25) is 5.02 Å². The van der Waals surface area contributed by atoms with Crippen LogP contribution in [-0.4, -0.2) is 30.8 Å². The van der Waals surface area contributed by atoms with Crippen LogP contribution >= 0.6 is 11.6 Å². The second-order valence-electron chi connectivity index (χ2n) is 8.41. The van der Waals surface area contributed by atoms with E-state index in [-0.39, 0.29) is 29.4 Å². The highest BCUT2D eigenvalue weighted by Crippen LogP contribution is 2.37. The summed E-state index contributed by atoms with van der Waals surface area (Å²) in [5.74, 6) is -0.210. The second kappa shape index (κ2) is 10.2. The van der Waals surface area contributed by atoms with E-state index in [0.29, 0.717) is 30.3 Å². The summed E-state index contributed by atoms with van der Waals surface area (Å²) >= 11 is 6.21. The smallest absolute Gasteiger partial charge is 0.220 e. The van der Waals surface area contributed by atoms with Crippen molar-refractivity contribution in [3.63, 3.8) is 0 Å². The van der Waals surface area contributed by atoms with Gasteiger partial charge < -0.3 is 15.2 Å². The molecule has 4 rings (SSSR count). The Hall–Kier alpha value is -2.82. The van der Waals surface area contributed by atoms with Gasteiger partial charge >= 0.3 is 0 Å². The maximum Gasteiger partial charge on any atom is 0.220 e. The average molecular weight is 450 g/mol. The van der Waals surface area contributed by atoms with Crippen molar-refractivity contribution < 1.29 is 14.6 Å². The number of phenols is 1. The number of amides is 1. The van der Waals surface area contributed by atoms with Gasteiger partial charge in [-0.1, -0.05) is 72.3 Å². The minimum absolute atomic E-state index is 0.0555. The standard InChI is InChI=1S/C27H28ClNO3/c28-22-11-12-25(30)24(17-22)23(20-7-3-1-4-8-20)18-26(31)29-19-27(13-15-32-16-14-27)21-9-5-2-6-10-21/h1-12,17,23,30H,13-16,18-19H2,(H,29,31). The topological polar surface area (TPSA) is 58.6 Å². The Morgan fingerprint density at radius 3 is 2.34 bits per heavy atom. The third kappa shape index (κ3) is 5.14. The lowest BCUT2D eigenvalue weighted by Gasteiger charge is -2.38. The van der Waals surface area contributed by atoms with Gasteiger partial charge in [-0.3, -0.25) is 4.79 Å². The molecule has 1 aliphatic rings. The van der Waals surface area contributed by atoms with Crippen LogP contribution in [0.4, 0.5) is 0 Å². The summed E-state index contributed by atoms with van der Waals surface area (Å²) in [6.07, 6.45) is 1.96. The number of halogens is 1. The largest absolute Gasteiger partial charge is 0.508 e. The zero-order valence-corrected chi connectivity index (χ0v) is 18.7. The first kappa shape index (κ1) is 22.4. The number of carbonyl (C=O) groups excluding carboxylic acids is 1. The molecular weight excluding hydrogens is 422 g/mol. The highest BCUT2D eigenvalue weighted by atomic mass is 35.5. The van der Waals surface area contributed by atoms with Gasteiger partial charge in [0.25, 0.3) is 0 Å². The van der Waals surface area contributed by atoms with E-state index < -0.39 is 0 Å². The van der Waals surface area contributed by atoms with Crippen LogP contribution in [0.5, 0.6) is 5.75 Å². The van der Waals surface area contributed by atoms with Crippen molar-refractivity contribution in [1.82, 2.24) is 5.32 Å². The van der Waals surface area contributed by atoms with Crippen molar-refractivity contribution in [3.8, 4) is 5.75 Å². The van der Waals surface area contributed by atoms with Crippen LogP contribution in [0.3, 0.4) is 0 Å². The fourth-order valence-corrected chi connectivity index (χ4v) is 4.72. The van der Waals surface area contributed by atoms with Gasteiger partial charge in [-0.25, -0.2) is 0 Å². The molecule has 1 aliphatic heterocycles. The average Bonchev–Trinajstić information content (AvgIpc) is 2.84. The second-order valence-corrected chi connectivity index (χ2v) is 8.84. The quantitative estimate of drug-likeness (QED) is 0.505. The van der Waals surface area contributed by atoms with Crippen LogP contribution in [-0.2, 0) is 14.9 Å². The van der Waals surface area contributed by atoms with E-state index in [4.69, 9.17) is 16.3 Å². The number of aromatic hydroxyl groups is 1. The highest BCUT2D eigenvalue weighted by molar-refractivity contribution is 6.30. The summed E-state index contributed by atoms with van der Waals surface area (Å²) in [6.45, 7) is 1.93. The van der Waals surface area contributed by atoms with Gasteiger partial charge in [-0.05, 0) is 42.2 Å². The first-order valence-electron chi connectivity index (χ1n) is 11.0. The molecule has 3 aromatic rings. The van der Waals surface area contributed by atoms with Gasteiger partial charge in [0.1, 0.15) is 5.75 Å². The highest BCUT2D eigenvalue weighted by Gasteiger charge is 2.35. The molecule has 4 nitrogen and oxygen atoms in total. The van der Waals surface area contributed by atoms with Crippen molar-refractivity contribution >= 4 is 17.5 Å². The predicted molar refractivity (Wildman–Crippen MR) is 127 cm³/mol. The summed E-state index contributed by atoms with van der Waals surface area (Å²) in [7, 11) is 0. The summed E-state index contributed by atoms with van der Waals surface area (Å²) in [6, 6.07) is 25.1. The molecule has 2 N–H and O–H groups in total. The van der Waals surface area contributed by atoms with E-state index in [2.05, 4.69) is 17.4 Å². The maximum absolute atomic E-state index is 13.2. The molecule has 0 saturated carbocycles. The molecule has 0 aliphatic carbocycles. The molecule has 0 bridgehead atoms. The molecule has 0 spiro atoms. The Morgan fingerprint density at radius 1 is 1.00 bits per heavy atom. The molecular formula is C27H28ClNO3. The van der Waals surface area contributed by atoms with Crippen LogP contribution in [0, 0.1) is 0 Å². The Morgan fingerprint density at radius 2 is 1.66 bits per heavy atom. The van der Waals surface area contributed by atoms with E-state index in [1.165, 1.54) is 5.56 Å². The van der Waals surface area contributed by atoms with Gasteiger partial charge in [0, 0.05) is 48.1 Å². The Labute approximate surface area is 194 Å². The monoisotopic (exact) mass is 449 g/mol. The van der Waals surface area contributed by atoms with Crippen LogP contribution in [0.15, 0.2) is 78.9 Å². The molecule has 1 amide bonds. The van der Waals surface area contributed by atoms with E-state index in [9.17, 15) is 9.90 Å². The lowest BCUT2D eigenvalue weighted by molar-refractivity contribution is -0.121. The molecule has 32 heavy (non-hydrogen) atoms. The number of phenolic OH excluding ortho intramolecular Hbond substituents is 1. The van der Waals surface area contributed by atoms with Crippen molar-refractivity contribution in [3.05, 3.63) is 101 Å². The molecule has 0 aromatic heterocycles. The van der Waals surface area contributed by atoms with Crippen molar-refractivity contribution in [1.29, 1.82) is 0 Å². The van der Waals surface area contributed by atoms with Crippen LogP contribution in [0.25, 0.3) is 0 Å². The molecule has 0 radical (unpaired) electrons. The Balaban J connectivity index is 1.54. The normalized spacial score (nSPS) is 16.3. The molecule has 1 saturated heterocycles. The molecule has 1 unspecified atom stereocenters. The zero-order valence-electron chi connectivity index (χ0n) is 18.0. The number of hydrogen-bond acceptors (Lipinski definition) is 3. The van der Waals surface area contributed by atoms with Crippen molar-refractivity contribution in [2.24, 2.45) is 0 Å². The number of rotatable bonds is 7. The fourth-order valence-electron chi connectivity index (χ4n) is 4.54. The Kier molecular flexibility index (Phi) is 7.13. The molecule has 5 heteroatoms. The fraction of sp³-hybridized carbons (Fsp3) is 0.296. The van der Waals surface area contributed by atoms with Gasteiger partial charge in [-0.2, -0.15) is 0 Å². The first-order valence-corrected chi connectivity index (χ1v) is 11.4. The van der Waals surface area contributed by atoms with Gasteiger partial charge in [-0.15, -0.1) is 0 Å². The number of nitrogens with one attached hydrogen (secondary N) is 1. The van der Waals surface area contributed by atoms with Gasteiger partial charge in [0.15, 0.2) is 0 Å². The van der Waals surface area contributed by atoms with E-state index in [0.717, 1.165) is 18.4 Å². The lowest BCUT2D eigenvalue weighted by Crippen LogP contribution is -2.44. The maximum atomic E-state index is 13.2. The van der Waals surface area contributed by atoms with Crippen molar-refractivity contribution in [2.45, 2.75) is 30.6 Å². The third-order valence-electron chi connectivity index (χ3n) is 6.42. The van der Waals surface area contributed by atoms with Crippen molar-refractivity contribution in [2.75, 3.05) is 19.8 Å². The summed E-state index contributed by atoms with van der Waals surface area (Å²) < 4.78 is 5.60. The lowest BCUT2D eigenvalue weighted by atomic mass is 9.74. The number of hydrogen-bond donors (Lipinski definition) is 2. The van der Waals surface area contributed by atoms with Crippen LogP contribution < -0.4 is 5.32 Å². The summed E-state index contributed by atoms with van der Waals surface area (Å²) in [5.41, 5.74) is 2.72. The van der Waals surface area contributed by atoms with Crippen LogP contribution in [0.1, 0.15) is 41.9 Å². The number of carbonyl (C=O) groups is 1. The summed E-state index contributed by atoms with van der Waals surface area (Å²) in [5, 5.41) is 14.2. The summed E-state index contributed by atoms with van der Waals surface area (Å²) in [4.78, 5) is 13.2. The van der Waals surface area contributed by atoms with E-state index >= 15 is 0 Å². The molecule has 1 atom stereocenters. The zero-order chi connectivity index (χ0) is 22.4. The Bertz CT molecular complexity index is 1030. The number of benzene rings is 3. The predicted octanol–water partition coefficient (Wildman–Crippen LogP) is 5.43. The minimum Gasteiger partial charge on any atom is -0.508 e. The van der Waals surface area contributed by atoms with E-state index in [1.54, 1.807) is 18.2 Å². The minimum atomic E-state index is -0.294. The SMILES string of the molecule is O=C(CC(c1ccccc1)c1cc(Cl)ccc1O)NCC1(c2ccccc2)CCOCC1. The molecule has 166 valence electrons. The molecule has 1 fully saturated rings. The van der Waals surface area contributed by atoms with Gasteiger partial charge in [0.05, 0.1) is 0 Å². The molecule has 1 heterocycles. The first-order chi connectivity index (χ1) is 15.6. The molecule has 3 aromatic carbocycles.